The quantitative estimate of drug-likeness (QED) is 0.726. The molecule has 0 bridgehead atoms. The van der Waals surface area contributed by atoms with Crippen molar-refractivity contribution < 1.29 is 4.74 Å². The van der Waals surface area contributed by atoms with Crippen LogP contribution in [0.5, 0.6) is 0 Å². The van der Waals surface area contributed by atoms with Crippen LogP contribution in [0.1, 0.15) is 27.2 Å². The lowest BCUT2D eigenvalue weighted by molar-refractivity contribution is 0.130. The summed E-state index contributed by atoms with van der Waals surface area (Å²) < 4.78 is 5.50. The second-order valence-electron chi connectivity index (χ2n) is 4.65. The summed E-state index contributed by atoms with van der Waals surface area (Å²) in [5.41, 5.74) is 0. The first-order valence-electron chi connectivity index (χ1n) is 5.55. The van der Waals surface area contributed by atoms with Crippen molar-refractivity contribution in [3.05, 3.63) is 0 Å². The van der Waals surface area contributed by atoms with Crippen LogP contribution in [0, 0.1) is 5.92 Å². The average Bonchev–Trinajstić information content (AvgIpc) is 2.28. The SMILES string of the molecule is CC(C)CC(C)N1CCOCC(Br)C1. The van der Waals surface area contributed by atoms with Crippen molar-refractivity contribution >= 4 is 15.9 Å². The highest BCUT2D eigenvalue weighted by Crippen LogP contribution is 2.15. The number of halogens is 1. The summed E-state index contributed by atoms with van der Waals surface area (Å²) in [7, 11) is 0. The Labute approximate surface area is 96.1 Å². The first-order chi connectivity index (χ1) is 6.59. The van der Waals surface area contributed by atoms with E-state index in [9.17, 15) is 0 Å². The van der Waals surface area contributed by atoms with Gasteiger partial charge in [-0.1, -0.05) is 29.8 Å². The maximum absolute atomic E-state index is 5.50. The van der Waals surface area contributed by atoms with Gasteiger partial charge in [0.1, 0.15) is 0 Å². The van der Waals surface area contributed by atoms with E-state index in [-0.39, 0.29) is 0 Å². The molecule has 1 fully saturated rings. The molecule has 0 radical (unpaired) electrons. The van der Waals surface area contributed by atoms with Crippen molar-refractivity contribution in [2.45, 2.75) is 38.1 Å². The van der Waals surface area contributed by atoms with E-state index < -0.39 is 0 Å². The molecule has 2 atom stereocenters. The van der Waals surface area contributed by atoms with Gasteiger partial charge in [-0.3, -0.25) is 4.90 Å². The van der Waals surface area contributed by atoms with Crippen molar-refractivity contribution in [2.75, 3.05) is 26.3 Å². The largest absolute Gasteiger partial charge is 0.379 e. The van der Waals surface area contributed by atoms with Gasteiger partial charge in [-0.05, 0) is 19.3 Å². The fourth-order valence-electron chi connectivity index (χ4n) is 2.02. The molecule has 0 aromatic rings. The van der Waals surface area contributed by atoms with E-state index in [4.69, 9.17) is 4.74 Å². The van der Waals surface area contributed by atoms with Gasteiger partial charge in [0.05, 0.1) is 18.0 Å². The minimum absolute atomic E-state index is 0.500. The number of hydrogen-bond donors (Lipinski definition) is 0. The molecule has 1 aliphatic heterocycles. The first-order valence-corrected chi connectivity index (χ1v) is 6.47. The maximum atomic E-state index is 5.50. The Balaban J connectivity index is 2.39. The number of rotatable bonds is 3. The first kappa shape index (κ1) is 12.5. The van der Waals surface area contributed by atoms with E-state index >= 15 is 0 Å². The van der Waals surface area contributed by atoms with Gasteiger partial charge in [-0.2, -0.15) is 0 Å². The lowest BCUT2D eigenvalue weighted by Crippen LogP contribution is -2.38. The van der Waals surface area contributed by atoms with E-state index in [0.717, 1.165) is 32.2 Å². The summed E-state index contributed by atoms with van der Waals surface area (Å²) in [6.45, 7) is 10.8. The molecule has 2 unspecified atom stereocenters. The normalized spacial score (nSPS) is 27.6. The molecule has 14 heavy (non-hydrogen) atoms. The predicted octanol–water partition coefficient (Wildman–Crippen LogP) is 2.52. The Kier molecular flexibility index (Phi) is 5.42. The number of ether oxygens (including phenoxy) is 1. The molecule has 2 nitrogen and oxygen atoms in total. The zero-order chi connectivity index (χ0) is 10.6. The highest BCUT2D eigenvalue weighted by Gasteiger charge is 2.20. The van der Waals surface area contributed by atoms with Crippen molar-refractivity contribution in [3.8, 4) is 0 Å². The number of nitrogens with zero attached hydrogens (tertiary/aromatic N) is 1. The van der Waals surface area contributed by atoms with E-state index in [1.807, 2.05) is 0 Å². The van der Waals surface area contributed by atoms with Crippen LogP contribution in [0.3, 0.4) is 0 Å². The molecule has 1 aliphatic rings. The van der Waals surface area contributed by atoms with Crippen LogP contribution >= 0.6 is 15.9 Å². The average molecular weight is 264 g/mol. The van der Waals surface area contributed by atoms with Gasteiger partial charge < -0.3 is 4.74 Å². The Hall–Kier alpha value is 0.400. The highest BCUT2D eigenvalue weighted by atomic mass is 79.9. The van der Waals surface area contributed by atoms with Crippen LogP contribution in [0.2, 0.25) is 0 Å². The monoisotopic (exact) mass is 263 g/mol. The van der Waals surface area contributed by atoms with Gasteiger partial charge >= 0.3 is 0 Å². The second-order valence-corrected chi connectivity index (χ2v) is 5.94. The molecule has 3 heteroatoms. The van der Waals surface area contributed by atoms with Crippen LogP contribution in [0.25, 0.3) is 0 Å². The van der Waals surface area contributed by atoms with E-state index in [0.29, 0.717) is 10.9 Å². The molecule has 0 aromatic carbocycles. The second kappa shape index (κ2) is 6.09. The Morgan fingerprint density at radius 1 is 1.43 bits per heavy atom. The fourth-order valence-corrected chi connectivity index (χ4v) is 2.58. The van der Waals surface area contributed by atoms with E-state index in [2.05, 4.69) is 41.6 Å². The molecule has 1 heterocycles. The van der Waals surface area contributed by atoms with Crippen LogP contribution in [0.4, 0.5) is 0 Å². The zero-order valence-electron chi connectivity index (χ0n) is 9.50. The third-order valence-corrected chi connectivity index (χ3v) is 3.24. The third-order valence-electron chi connectivity index (χ3n) is 2.69. The minimum Gasteiger partial charge on any atom is -0.379 e. The van der Waals surface area contributed by atoms with Gasteiger partial charge in [-0.15, -0.1) is 0 Å². The summed E-state index contributed by atoms with van der Waals surface area (Å²) >= 11 is 3.65. The summed E-state index contributed by atoms with van der Waals surface area (Å²) in [6, 6.07) is 0.678. The molecular formula is C11H22BrNO. The van der Waals surface area contributed by atoms with Gasteiger partial charge in [0.2, 0.25) is 0 Å². The summed E-state index contributed by atoms with van der Waals surface area (Å²) in [5, 5.41) is 0. The van der Waals surface area contributed by atoms with E-state index in [1.165, 1.54) is 6.42 Å². The fraction of sp³-hybridized carbons (Fsp3) is 1.00. The topological polar surface area (TPSA) is 12.5 Å². The van der Waals surface area contributed by atoms with Crippen LogP contribution in [-0.4, -0.2) is 42.1 Å². The van der Waals surface area contributed by atoms with Crippen LogP contribution in [0.15, 0.2) is 0 Å². The summed E-state index contributed by atoms with van der Waals surface area (Å²) in [6.07, 6.45) is 1.28. The molecule has 84 valence electrons. The van der Waals surface area contributed by atoms with Crippen molar-refractivity contribution in [1.29, 1.82) is 0 Å². The van der Waals surface area contributed by atoms with Crippen molar-refractivity contribution in [2.24, 2.45) is 5.92 Å². The molecular weight excluding hydrogens is 242 g/mol. The van der Waals surface area contributed by atoms with Gasteiger partial charge in [0.15, 0.2) is 0 Å². The Bertz CT molecular complexity index is 163. The molecule has 0 aromatic heterocycles. The lowest BCUT2D eigenvalue weighted by Gasteiger charge is -2.29. The Morgan fingerprint density at radius 2 is 2.14 bits per heavy atom. The van der Waals surface area contributed by atoms with Gasteiger partial charge in [0, 0.05) is 19.1 Å². The Morgan fingerprint density at radius 3 is 2.79 bits per heavy atom. The molecule has 0 amide bonds. The lowest BCUT2D eigenvalue weighted by atomic mass is 10.0. The van der Waals surface area contributed by atoms with Crippen molar-refractivity contribution in [3.63, 3.8) is 0 Å². The molecule has 1 rings (SSSR count). The molecule has 0 spiro atoms. The number of hydrogen-bond acceptors (Lipinski definition) is 2. The van der Waals surface area contributed by atoms with Crippen LogP contribution in [-0.2, 0) is 4.74 Å². The molecule has 0 N–H and O–H groups in total. The summed E-state index contributed by atoms with van der Waals surface area (Å²) in [4.78, 5) is 3.03. The standard InChI is InChI=1S/C11H22BrNO/c1-9(2)6-10(3)13-4-5-14-8-11(12)7-13/h9-11H,4-8H2,1-3H3. The van der Waals surface area contributed by atoms with Gasteiger partial charge in [0.25, 0.3) is 0 Å². The maximum Gasteiger partial charge on any atom is 0.0604 e. The molecule has 1 saturated heterocycles. The van der Waals surface area contributed by atoms with E-state index in [1.54, 1.807) is 0 Å². The van der Waals surface area contributed by atoms with Crippen molar-refractivity contribution in [1.82, 2.24) is 4.90 Å². The molecule has 0 saturated carbocycles. The summed E-state index contributed by atoms with van der Waals surface area (Å²) in [5.74, 6) is 0.781. The zero-order valence-corrected chi connectivity index (χ0v) is 11.1. The smallest absolute Gasteiger partial charge is 0.0604 e. The molecule has 0 aliphatic carbocycles. The number of alkyl halides is 1. The van der Waals surface area contributed by atoms with Gasteiger partial charge in [-0.25, -0.2) is 0 Å². The van der Waals surface area contributed by atoms with Crippen LogP contribution < -0.4 is 0 Å². The highest BCUT2D eigenvalue weighted by molar-refractivity contribution is 9.09. The predicted molar refractivity (Wildman–Crippen MR) is 64.0 cm³/mol. The minimum atomic E-state index is 0.500. The third kappa shape index (κ3) is 4.28.